The molecule has 3 nitrogen and oxygen atoms in total. The fourth-order valence-electron chi connectivity index (χ4n) is 3.46. The molecule has 3 rings (SSSR count). The summed E-state index contributed by atoms with van der Waals surface area (Å²) in [6, 6.07) is 4.61. The van der Waals surface area contributed by atoms with Crippen LogP contribution in [0.4, 0.5) is 8.78 Å². The molecule has 2 bridgehead atoms. The van der Waals surface area contributed by atoms with Gasteiger partial charge in [0.25, 0.3) is 0 Å². The molecule has 2 aliphatic heterocycles. The zero-order valence-corrected chi connectivity index (χ0v) is 13.1. The maximum atomic E-state index is 13.5. The van der Waals surface area contributed by atoms with Crippen LogP contribution in [0.3, 0.4) is 0 Å². The van der Waals surface area contributed by atoms with Crippen LogP contribution in [-0.4, -0.2) is 24.0 Å². The number of piperidine rings is 1. The Bertz CT molecular complexity index is 529. The van der Waals surface area contributed by atoms with Crippen molar-refractivity contribution in [1.29, 1.82) is 0 Å². The molecule has 2 fully saturated rings. The lowest BCUT2D eigenvalue weighted by Crippen LogP contribution is -2.48. The zero-order valence-electron chi connectivity index (χ0n) is 12.3. The van der Waals surface area contributed by atoms with Gasteiger partial charge in [-0.3, -0.25) is 4.79 Å². The lowest BCUT2D eigenvalue weighted by Gasteiger charge is -2.29. The highest BCUT2D eigenvalue weighted by Crippen LogP contribution is 2.26. The number of carbonyl (C=O) groups excluding carboxylic acids is 1. The highest BCUT2D eigenvalue weighted by atomic mass is 35.5. The van der Waals surface area contributed by atoms with Gasteiger partial charge in [-0.05, 0) is 55.9 Å². The third kappa shape index (κ3) is 4.17. The SMILES string of the molecule is Cl.O=C(CCc1cc(F)ccc1F)NC1CC2CCC(C1)N2. The van der Waals surface area contributed by atoms with Crippen LogP contribution >= 0.6 is 12.4 Å². The lowest BCUT2D eigenvalue weighted by molar-refractivity contribution is -0.122. The monoisotopic (exact) mass is 330 g/mol. The summed E-state index contributed by atoms with van der Waals surface area (Å²) in [6.45, 7) is 0. The van der Waals surface area contributed by atoms with Crippen molar-refractivity contribution in [3.63, 3.8) is 0 Å². The van der Waals surface area contributed by atoms with Crippen LogP contribution in [-0.2, 0) is 11.2 Å². The molecule has 0 aliphatic carbocycles. The second-order valence-corrected chi connectivity index (χ2v) is 6.11. The van der Waals surface area contributed by atoms with Gasteiger partial charge in [0, 0.05) is 24.5 Å². The Labute approximate surface area is 135 Å². The fourth-order valence-corrected chi connectivity index (χ4v) is 3.46. The van der Waals surface area contributed by atoms with E-state index in [1.807, 2.05) is 0 Å². The molecule has 2 N–H and O–H groups in total. The van der Waals surface area contributed by atoms with Crippen molar-refractivity contribution < 1.29 is 13.6 Å². The van der Waals surface area contributed by atoms with Crippen LogP contribution in [0.1, 0.15) is 37.7 Å². The number of rotatable bonds is 4. The van der Waals surface area contributed by atoms with E-state index in [1.54, 1.807) is 0 Å². The molecule has 0 saturated carbocycles. The second-order valence-electron chi connectivity index (χ2n) is 6.11. The standard InChI is InChI=1S/C16H20F2N2O.ClH/c17-11-2-5-15(18)10(7-11)1-6-16(21)20-14-8-12-3-4-13(9-14)19-12;/h2,5,7,12-14,19H,1,3-4,6,8-9H2,(H,20,21);1H. The zero-order chi connectivity index (χ0) is 14.8. The van der Waals surface area contributed by atoms with E-state index in [-0.39, 0.29) is 42.8 Å². The molecule has 122 valence electrons. The van der Waals surface area contributed by atoms with Gasteiger partial charge in [-0.1, -0.05) is 0 Å². The first-order valence-corrected chi connectivity index (χ1v) is 7.59. The van der Waals surface area contributed by atoms with Gasteiger partial charge in [0.2, 0.25) is 5.91 Å². The summed E-state index contributed by atoms with van der Waals surface area (Å²) in [5.41, 5.74) is 0.260. The summed E-state index contributed by atoms with van der Waals surface area (Å²) in [7, 11) is 0. The number of hydrogen-bond donors (Lipinski definition) is 2. The first-order valence-electron chi connectivity index (χ1n) is 7.59. The predicted molar refractivity (Wildman–Crippen MR) is 83.0 cm³/mol. The summed E-state index contributed by atoms with van der Waals surface area (Å²) >= 11 is 0. The first kappa shape index (κ1) is 17.2. The summed E-state index contributed by atoms with van der Waals surface area (Å²) in [5, 5.41) is 6.55. The number of hydrogen-bond acceptors (Lipinski definition) is 2. The Kier molecular flexibility index (Phi) is 5.75. The molecule has 1 aromatic rings. The smallest absolute Gasteiger partial charge is 0.220 e. The van der Waals surface area contributed by atoms with Crippen molar-refractivity contribution in [3.05, 3.63) is 35.4 Å². The molecular formula is C16H21ClF2N2O. The van der Waals surface area contributed by atoms with Crippen molar-refractivity contribution in [3.8, 4) is 0 Å². The van der Waals surface area contributed by atoms with Gasteiger partial charge < -0.3 is 10.6 Å². The van der Waals surface area contributed by atoms with Crippen LogP contribution in [0.15, 0.2) is 18.2 Å². The average molecular weight is 331 g/mol. The molecule has 2 atom stereocenters. The molecule has 6 heteroatoms. The van der Waals surface area contributed by atoms with E-state index >= 15 is 0 Å². The number of carbonyl (C=O) groups is 1. The van der Waals surface area contributed by atoms with Crippen LogP contribution < -0.4 is 10.6 Å². The number of amides is 1. The largest absolute Gasteiger partial charge is 0.353 e. The Morgan fingerprint density at radius 1 is 1.23 bits per heavy atom. The van der Waals surface area contributed by atoms with Gasteiger partial charge in [0.15, 0.2) is 0 Å². The van der Waals surface area contributed by atoms with Crippen molar-refractivity contribution in [2.45, 2.75) is 56.7 Å². The minimum Gasteiger partial charge on any atom is -0.353 e. The maximum absolute atomic E-state index is 13.5. The highest BCUT2D eigenvalue weighted by Gasteiger charge is 2.33. The summed E-state index contributed by atoms with van der Waals surface area (Å²) < 4.78 is 26.5. The molecule has 2 aliphatic rings. The first-order chi connectivity index (χ1) is 10.1. The molecule has 2 saturated heterocycles. The molecule has 0 radical (unpaired) electrons. The molecule has 2 heterocycles. The van der Waals surface area contributed by atoms with Gasteiger partial charge >= 0.3 is 0 Å². The Balaban J connectivity index is 0.00000176. The quantitative estimate of drug-likeness (QED) is 0.891. The molecule has 1 aromatic carbocycles. The number of nitrogens with one attached hydrogen (secondary N) is 2. The van der Waals surface area contributed by atoms with Gasteiger partial charge in [-0.25, -0.2) is 8.78 Å². The number of fused-ring (bicyclic) bond motifs is 2. The van der Waals surface area contributed by atoms with Gasteiger partial charge in [0.05, 0.1) is 0 Å². The van der Waals surface area contributed by atoms with E-state index in [9.17, 15) is 13.6 Å². The minimum absolute atomic E-state index is 0. The maximum Gasteiger partial charge on any atom is 0.220 e. The van der Waals surface area contributed by atoms with Crippen LogP contribution in [0.2, 0.25) is 0 Å². The second kappa shape index (κ2) is 7.38. The minimum atomic E-state index is -0.471. The van der Waals surface area contributed by atoms with E-state index in [2.05, 4.69) is 10.6 Å². The van der Waals surface area contributed by atoms with E-state index in [0.717, 1.165) is 31.0 Å². The summed E-state index contributed by atoms with van der Waals surface area (Å²) in [5.74, 6) is -1.00. The van der Waals surface area contributed by atoms with E-state index in [0.29, 0.717) is 12.1 Å². The summed E-state index contributed by atoms with van der Waals surface area (Å²) in [4.78, 5) is 12.0. The molecule has 22 heavy (non-hydrogen) atoms. The lowest BCUT2D eigenvalue weighted by atomic mass is 9.99. The third-order valence-corrected chi connectivity index (χ3v) is 4.47. The van der Waals surface area contributed by atoms with E-state index in [1.165, 1.54) is 12.8 Å². The van der Waals surface area contributed by atoms with Crippen LogP contribution in [0.5, 0.6) is 0 Å². The Morgan fingerprint density at radius 3 is 2.59 bits per heavy atom. The highest BCUT2D eigenvalue weighted by molar-refractivity contribution is 5.85. The molecule has 1 amide bonds. The predicted octanol–water partition coefficient (Wildman–Crippen LogP) is 2.72. The number of aryl methyl sites for hydroxylation is 1. The fraction of sp³-hybridized carbons (Fsp3) is 0.562. The molecule has 0 spiro atoms. The average Bonchev–Trinajstić information content (AvgIpc) is 2.79. The van der Waals surface area contributed by atoms with Gasteiger partial charge in [0.1, 0.15) is 11.6 Å². The van der Waals surface area contributed by atoms with E-state index in [4.69, 9.17) is 0 Å². The van der Waals surface area contributed by atoms with Crippen molar-refractivity contribution >= 4 is 18.3 Å². The van der Waals surface area contributed by atoms with Gasteiger partial charge in [-0.2, -0.15) is 0 Å². The molecular weight excluding hydrogens is 310 g/mol. The molecule has 0 aromatic heterocycles. The number of halogens is 3. The third-order valence-electron chi connectivity index (χ3n) is 4.47. The summed E-state index contributed by atoms with van der Waals surface area (Å²) in [6.07, 6.45) is 4.73. The normalized spacial score (nSPS) is 26.4. The van der Waals surface area contributed by atoms with Crippen LogP contribution in [0, 0.1) is 11.6 Å². The topological polar surface area (TPSA) is 41.1 Å². The Morgan fingerprint density at radius 2 is 1.91 bits per heavy atom. The van der Waals surface area contributed by atoms with Crippen molar-refractivity contribution in [1.82, 2.24) is 10.6 Å². The molecule has 2 unspecified atom stereocenters. The van der Waals surface area contributed by atoms with Crippen molar-refractivity contribution in [2.75, 3.05) is 0 Å². The number of benzene rings is 1. The van der Waals surface area contributed by atoms with E-state index < -0.39 is 11.6 Å². The van der Waals surface area contributed by atoms with Crippen molar-refractivity contribution in [2.24, 2.45) is 0 Å². The Hall–Kier alpha value is -1.20. The van der Waals surface area contributed by atoms with Crippen LogP contribution in [0.25, 0.3) is 0 Å². The van der Waals surface area contributed by atoms with Gasteiger partial charge in [-0.15, -0.1) is 12.4 Å².